The lowest BCUT2D eigenvalue weighted by atomic mass is 10.1. The molecule has 3 aromatic carbocycles. The highest BCUT2D eigenvalue weighted by molar-refractivity contribution is 6.30. The second kappa shape index (κ2) is 7.44. The topological polar surface area (TPSA) is 44.1 Å². The fourth-order valence-corrected chi connectivity index (χ4v) is 3.24. The van der Waals surface area contributed by atoms with E-state index in [2.05, 4.69) is 4.98 Å². The number of ether oxygens (including phenoxy) is 1. The summed E-state index contributed by atoms with van der Waals surface area (Å²) in [6.07, 6.45) is 0. The summed E-state index contributed by atoms with van der Waals surface area (Å²) in [5.41, 5.74) is 1.76. The standard InChI is InChI=1S/C22H16ClFN2O2/c1-28-20-11-8-15(12-18(20)24)21-25-19-5-3-2-4-17(19)22(27)26(21)13-14-6-9-16(23)10-7-14/h2-12H,13H2,1H3. The van der Waals surface area contributed by atoms with Crippen LogP contribution in [0.5, 0.6) is 5.75 Å². The number of hydrogen-bond donors (Lipinski definition) is 0. The van der Waals surface area contributed by atoms with E-state index < -0.39 is 5.82 Å². The van der Waals surface area contributed by atoms with E-state index in [4.69, 9.17) is 16.3 Å². The van der Waals surface area contributed by atoms with Gasteiger partial charge in [0, 0.05) is 10.6 Å². The summed E-state index contributed by atoms with van der Waals surface area (Å²) in [6.45, 7) is 0.289. The van der Waals surface area contributed by atoms with Crippen LogP contribution in [0.1, 0.15) is 5.56 Å². The van der Waals surface area contributed by atoms with Gasteiger partial charge in [-0.2, -0.15) is 0 Å². The quantitative estimate of drug-likeness (QED) is 0.494. The Morgan fingerprint density at radius 3 is 2.54 bits per heavy atom. The Hall–Kier alpha value is -3.18. The Kier molecular flexibility index (Phi) is 4.84. The van der Waals surface area contributed by atoms with Gasteiger partial charge >= 0.3 is 0 Å². The lowest BCUT2D eigenvalue weighted by Crippen LogP contribution is -2.24. The van der Waals surface area contributed by atoms with Crippen molar-refractivity contribution in [2.45, 2.75) is 6.54 Å². The van der Waals surface area contributed by atoms with Crippen molar-refractivity contribution in [3.63, 3.8) is 0 Å². The highest BCUT2D eigenvalue weighted by Gasteiger charge is 2.15. The molecule has 4 rings (SSSR count). The molecule has 0 N–H and O–H groups in total. The largest absolute Gasteiger partial charge is 0.494 e. The van der Waals surface area contributed by atoms with Gasteiger partial charge in [-0.15, -0.1) is 0 Å². The number of aromatic nitrogens is 2. The molecule has 0 atom stereocenters. The van der Waals surface area contributed by atoms with Gasteiger partial charge in [0.2, 0.25) is 0 Å². The number of fused-ring (bicyclic) bond motifs is 1. The second-order valence-electron chi connectivity index (χ2n) is 6.32. The van der Waals surface area contributed by atoms with E-state index in [9.17, 15) is 9.18 Å². The predicted octanol–water partition coefficient (Wildman–Crippen LogP) is 4.91. The fourth-order valence-electron chi connectivity index (χ4n) is 3.11. The van der Waals surface area contributed by atoms with Crippen LogP contribution in [0.25, 0.3) is 22.3 Å². The highest BCUT2D eigenvalue weighted by Crippen LogP contribution is 2.25. The van der Waals surface area contributed by atoms with Crippen molar-refractivity contribution >= 4 is 22.5 Å². The molecule has 0 radical (unpaired) electrons. The first-order valence-electron chi connectivity index (χ1n) is 8.65. The zero-order chi connectivity index (χ0) is 19.7. The zero-order valence-electron chi connectivity index (χ0n) is 15.0. The van der Waals surface area contributed by atoms with Crippen molar-refractivity contribution in [3.8, 4) is 17.1 Å². The van der Waals surface area contributed by atoms with Gasteiger partial charge in [0.1, 0.15) is 5.82 Å². The summed E-state index contributed by atoms with van der Waals surface area (Å²) in [5, 5.41) is 1.12. The minimum absolute atomic E-state index is 0.135. The summed E-state index contributed by atoms with van der Waals surface area (Å²) in [4.78, 5) is 17.8. The van der Waals surface area contributed by atoms with E-state index >= 15 is 0 Å². The van der Waals surface area contributed by atoms with E-state index in [1.807, 2.05) is 18.2 Å². The number of benzene rings is 3. The number of halogens is 2. The van der Waals surface area contributed by atoms with Crippen molar-refractivity contribution in [2.24, 2.45) is 0 Å². The van der Waals surface area contributed by atoms with Crippen LogP contribution in [0.15, 0.2) is 71.5 Å². The minimum Gasteiger partial charge on any atom is -0.494 e. The smallest absolute Gasteiger partial charge is 0.261 e. The zero-order valence-corrected chi connectivity index (χ0v) is 15.8. The van der Waals surface area contributed by atoms with Gasteiger partial charge in [-0.3, -0.25) is 9.36 Å². The number of methoxy groups -OCH3 is 1. The Bertz CT molecular complexity index is 1220. The number of para-hydroxylation sites is 1. The Balaban J connectivity index is 1.94. The van der Waals surface area contributed by atoms with E-state index in [0.717, 1.165) is 5.56 Å². The average Bonchev–Trinajstić information content (AvgIpc) is 2.71. The molecule has 0 saturated carbocycles. The molecule has 1 heterocycles. The maximum Gasteiger partial charge on any atom is 0.261 e. The van der Waals surface area contributed by atoms with E-state index in [1.165, 1.54) is 19.2 Å². The number of rotatable bonds is 4. The third kappa shape index (κ3) is 3.37. The molecule has 4 nitrogen and oxygen atoms in total. The van der Waals surface area contributed by atoms with Crippen LogP contribution >= 0.6 is 11.6 Å². The molecule has 0 amide bonds. The van der Waals surface area contributed by atoms with Crippen LogP contribution in [0.4, 0.5) is 4.39 Å². The van der Waals surface area contributed by atoms with Crippen LogP contribution in [0.3, 0.4) is 0 Å². The Morgan fingerprint density at radius 1 is 1.07 bits per heavy atom. The van der Waals surface area contributed by atoms with Crippen molar-refractivity contribution in [3.05, 3.63) is 93.5 Å². The molecule has 0 spiro atoms. The van der Waals surface area contributed by atoms with Gasteiger partial charge < -0.3 is 4.74 Å². The van der Waals surface area contributed by atoms with E-state index in [-0.39, 0.29) is 17.9 Å². The van der Waals surface area contributed by atoms with Crippen molar-refractivity contribution in [2.75, 3.05) is 7.11 Å². The molecule has 28 heavy (non-hydrogen) atoms. The van der Waals surface area contributed by atoms with Crippen LogP contribution in [0.2, 0.25) is 5.02 Å². The Labute approximate surface area is 165 Å². The van der Waals surface area contributed by atoms with Crippen LogP contribution < -0.4 is 10.3 Å². The van der Waals surface area contributed by atoms with Gasteiger partial charge in [0.25, 0.3) is 5.56 Å². The summed E-state index contributed by atoms with van der Waals surface area (Å²) in [7, 11) is 1.41. The monoisotopic (exact) mass is 394 g/mol. The van der Waals surface area contributed by atoms with Crippen molar-refractivity contribution < 1.29 is 9.13 Å². The molecular weight excluding hydrogens is 379 g/mol. The van der Waals surface area contributed by atoms with Crippen LogP contribution in [0, 0.1) is 5.82 Å². The van der Waals surface area contributed by atoms with Crippen molar-refractivity contribution in [1.29, 1.82) is 0 Å². The summed E-state index contributed by atoms with van der Waals surface area (Å²) in [5.74, 6) is 0.0109. The summed E-state index contributed by atoms with van der Waals surface area (Å²) < 4.78 is 20.8. The molecule has 0 aliphatic rings. The molecule has 140 valence electrons. The molecule has 0 aliphatic carbocycles. The first kappa shape index (κ1) is 18.2. The maximum absolute atomic E-state index is 14.3. The normalized spacial score (nSPS) is 11.0. The lowest BCUT2D eigenvalue weighted by Gasteiger charge is -2.14. The van der Waals surface area contributed by atoms with E-state index in [0.29, 0.717) is 27.3 Å². The second-order valence-corrected chi connectivity index (χ2v) is 6.76. The van der Waals surface area contributed by atoms with Gasteiger partial charge in [-0.25, -0.2) is 9.37 Å². The third-order valence-corrected chi connectivity index (χ3v) is 4.78. The molecule has 1 aromatic heterocycles. The highest BCUT2D eigenvalue weighted by atomic mass is 35.5. The number of hydrogen-bond acceptors (Lipinski definition) is 3. The van der Waals surface area contributed by atoms with Crippen molar-refractivity contribution in [1.82, 2.24) is 9.55 Å². The Morgan fingerprint density at radius 2 is 1.82 bits per heavy atom. The minimum atomic E-state index is -0.513. The predicted molar refractivity (Wildman–Crippen MR) is 109 cm³/mol. The first-order valence-corrected chi connectivity index (χ1v) is 9.02. The molecule has 0 fully saturated rings. The molecule has 6 heteroatoms. The van der Waals surface area contributed by atoms with Gasteiger partial charge in [-0.05, 0) is 48.0 Å². The molecule has 0 aliphatic heterocycles. The SMILES string of the molecule is COc1ccc(-c2nc3ccccc3c(=O)n2Cc2ccc(Cl)cc2)cc1F. The molecule has 0 unspecified atom stereocenters. The van der Waals surface area contributed by atoms with Crippen LogP contribution in [-0.2, 0) is 6.54 Å². The molecule has 0 saturated heterocycles. The molecule has 4 aromatic rings. The van der Waals surface area contributed by atoms with Crippen LogP contribution in [-0.4, -0.2) is 16.7 Å². The fraction of sp³-hybridized carbons (Fsp3) is 0.0909. The summed E-state index contributed by atoms with van der Waals surface area (Å²) >= 11 is 5.96. The third-order valence-electron chi connectivity index (χ3n) is 4.53. The van der Waals surface area contributed by atoms with Gasteiger partial charge in [0.05, 0.1) is 24.6 Å². The van der Waals surface area contributed by atoms with E-state index in [1.54, 1.807) is 41.0 Å². The summed E-state index contributed by atoms with van der Waals surface area (Å²) in [6, 6.07) is 18.9. The first-order chi connectivity index (χ1) is 13.6. The lowest BCUT2D eigenvalue weighted by molar-refractivity contribution is 0.386. The molecular formula is C22H16ClFN2O2. The number of nitrogens with zero attached hydrogens (tertiary/aromatic N) is 2. The average molecular weight is 395 g/mol. The maximum atomic E-state index is 14.3. The van der Waals surface area contributed by atoms with Gasteiger partial charge in [0.15, 0.2) is 11.6 Å². The molecule has 0 bridgehead atoms. The van der Waals surface area contributed by atoms with Gasteiger partial charge in [-0.1, -0.05) is 35.9 Å².